The van der Waals surface area contributed by atoms with Crippen molar-refractivity contribution >= 4 is 15.9 Å². The molecule has 3 heteroatoms. The van der Waals surface area contributed by atoms with E-state index in [9.17, 15) is 0 Å². The van der Waals surface area contributed by atoms with Crippen molar-refractivity contribution in [1.82, 2.24) is 9.78 Å². The predicted octanol–water partition coefficient (Wildman–Crippen LogP) is 3.47. The van der Waals surface area contributed by atoms with Crippen molar-refractivity contribution in [2.24, 2.45) is 12.5 Å². The minimum absolute atomic E-state index is 0.323. The first-order valence-corrected chi connectivity index (χ1v) is 6.35. The Morgan fingerprint density at radius 3 is 2.53 bits per heavy atom. The zero-order valence-corrected chi connectivity index (χ0v) is 11.9. The van der Waals surface area contributed by atoms with Crippen molar-refractivity contribution in [3.63, 3.8) is 0 Å². The van der Waals surface area contributed by atoms with E-state index in [1.165, 1.54) is 12.1 Å². The quantitative estimate of drug-likeness (QED) is 0.768. The molecule has 0 saturated carbocycles. The summed E-state index contributed by atoms with van der Waals surface area (Å²) in [6.07, 6.45) is 2.26. The molecule has 2 nitrogen and oxygen atoms in total. The summed E-state index contributed by atoms with van der Waals surface area (Å²) in [7, 11) is 2.02. The van der Waals surface area contributed by atoms with Crippen molar-refractivity contribution < 1.29 is 0 Å². The summed E-state index contributed by atoms with van der Waals surface area (Å²) < 4.78 is 2.00. The Morgan fingerprint density at radius 1 is 1.53 bits per heavy atom. The molecule has 1 aromatic heterocycles. The molecule has 0 aliphatic heterocycles. The summed E-state index contributed by atoms with van der Waals surface area (Å²) in [5.74, 6) is 0. The number of hydrogen-bond donors (Lipinski definition) is 0. The molecule has 0 aromatic carbocycles. The van der Waals surface area contributed by atoms with Crippen LogP contribution in [0.25, 0.3) is 0 Å². The molecule has 0 fully saturated rings. The average molecular weight is 273 g/mol. The molecule has 1 atom stereocenters. The van der Waals surface area contributed by atoms with Gasteiger partial charge in [-0.25, -0.2) is 0 Å². The van der Waals surface area contributed by atoms with Crippen LogP contribution in [0.5, 0.6) is 0 Å². The van der Waals surface area contributed by atoms with Crippen molar-refractivity contribution in [3.8, 4) is 0 Å². The van der Waals surface area contributed by atoms with Gasteiger partial charge in [0.25, 0.3) is 0 Å². The van der Waals surface area contributed by atoms with Crippen LogP contribution in [-0.2, 0) is 13.5 Å². The van der Waals surface area contributed by atoms with Gasteiger partial charge in [-0.05, 0) is 31.2 Å². The Balaban J connectivity index is 2.72. The van der Waals surface area contributed by atoms with E-state index in [2.05, 4.69) is 47.9 Å². The van der Waals surface area contributed by atoms with Gasteiger partial charge in [-0.3, -0.25) is 4.68 Å². The Labute approximate surface area is 101 Å². The number of rotatable bonds is 4. The van der Waals surface area contributed by atoms with Crippen LogP contribution in [0, 0.1) is 12.3 Å². The van der Waals surface area contributed by atoms with E-state index < -0.39 is 0 Å². The van der Waals surface area contributed by atoms with Gasteiger partial charge in [-0.15, -0.1) is 0 Å². The summed E-state index contributed by atoms with van der Waals surface area (Å²) in [6, 6.07) is 2.18. The minimum atomic E-state index is 0.323. The van der Waals surface area contributed by atoms with Crippen LogP contribution in [-0.4, -0.2) is 14.6 Å². The third-order valence-electron chi connectivity index (χ3n) is 2.59. The predicted molar refractivity (Wildman–Crippen MR) is 68.4 cm³/mol. The van der Waals surface area contributed by atoms with Crippen LogP contribution in [0.2, 0.25) is 0 Å². The maximum absolute atomic E-state index is 4.38. The van der Waals surface area contributed by atoms with Crippen LogP contribution < -0.4 is 0 Å². The molecular formula is C12H21BrN2. The molecule has 15 heavy (non-hydrogen) atoms. The van der Waals surface area contributed by atoms with Crippen LogP contribution in [0.1, 0.15) is 38.6 Å². The first kappa shape index (κ1) is 12.8. The standard InChI is InChI=1S/C12H21BrN2/c1-9(13)7-12(3,4)8-11-6-10(2)14-15(11)5/h6,9H,7-8H2,1-5H3. The smallest absolute Gasteiger partial charge is 0.0596 e. The molecule has 1 unspecified atom stereocenters. The second kappa shape index (κ2) is 4.69. The lowest BCUT2D eigenvalue weighted by Crippen LogP contribution is -2.20. The molecule has 0 N–H and O–H groups in total. The summed E-state index contributed by atoms with van der Waals surface area (Å²) >= 11 is 3.62. The molecule has 1 aromatic rings. The highest BCUT2D eigenvalue weighted by atomic mass is 79.9. The maximum atomic E-state index is 4.38. The summed E-state index contributed by atoms with van der Waals surface area (Å²) in [4.78, 5) is 0.571. The fraction of sp³-hybridized carbons (Fsp3) is 0.750. The van der Waals surface area contributed by atoms with Gasteiger partial charge in [0, 0.05) is 17.6 Å². The number of aromatic nitrogens is 2. The van der Waals surface area contributed by atoms with E-state index in [0.29, 0.717) is 10.2 Å². The molecule has 86 valence electrons. The van der Waals surface area contributed by atoms with Gasteiger partial charge in [0.15, 0.2) is 0 Å². The van der Waals surface area contributed by atoms with Crippen molar-refractivity contribution in [1.29, 1.82) is 0 Å². The number of nitrogens with zero attached hydrogens (tertiary/aromatic N) is 2. The Kier molecular flexibility index (Phi) is 3.99. The number of alkyl halides is 1. The van der Waals surface area contributed by atoms with Crippen molar-refractivity contribution in [2.45, 2.75) is 45.4 Å². The van der Waals surface area contributed by atoms with Crippen LogP contribution in [0.3, 0.4) is 0 Å². The number of halogens is 1. The van der Waals surface area contributed by atoms with Gasteiger partial charge in [-0.2, -0.15) is 5.10 Å². The monoisotopic (exact) mass is 272 g/mol. The Morgan fingerprint density at radius 2 is 2.13 bits per heavy atom. The second-order valence-corrected chi connectivity index (χ2v) is 6.79. The SMILES string of the molecule is Cc1cc(CC(C)(C)CC(C)Br)n(C)n1. The lowest BCUT2D eigenvalue weighted by atomic mass is 9.83. The molecule has 1 heterocycles. The topological polar surface area (TPSA) is 17.8 Å². The van der Waals surface area contributed by atoms with Gasteiger partial charge >= 0.3 is 0 Å². The minimum Gasteiger partial charge on any atom is -0.272 e. The second-order valence-electron chi connectivity index (χ2n) is 5.23. The fourth-order valence-electron chi connectivity index (χ4n) is 2.15. The van der Waals surface area contributed by atoms with Gasteiger partial charge in [0.05, 0.1) is 5.69 Å². The molecule has 0 spiro atoms. The fourth-order valence-corrected chi connectivity index (χ4v) is 3.03. The number of aryl methyl sites for hydroxylation is 2. The molecule has 1 rings (SSSR count). The van der Waals surface area contributed by atoms with Gasteiger partial charge in [0.1, 0.15) is 0 Å². The van der Waals surface area contributed by atoms with Gasteiger partial charge in [-0.1, -0.05) is 36.7 Å². The first-order valence-electron chi connectivity index (χ1n) is 5.44. The molecule has 0 aliphatic carbocycles. The normalized spacial score (nSPS) is 14.3. The summed E-state index contributed by atoms with van der Waals surface area (Å²) in [6.45, 7) is 8.88. The molecular weight excluding hydrogens is 252 g/mol. The zero-order chi connectivity index (χ0) is 11.6. The van der Waals surface area contributed by atoms with Crippen molar-refractivity contribution in [2.75, 3.05) is 0 Å². The van der Waals surface area contributed by atoms with Crippen molar-refractivity contribution in [3.05, 3.63) is 17.5 Å². The first-order chi connectivity index (χ1) is 6.80. The van der Waals surface area contributed by atoms with Crippen LogP contribution in [0.4, 0.5) is 0 Å². The molecule has 0 amide bonds. The largest absolute Gasteiger partial charge is 0.272 e. The van der Waals surface area contributed by atoms with Gasteiger partial charge in [0.2, 0.25) is 0 Å². The van der Waals surface area contributed by atoms with Gasteiger partial charge < -0.3 is 0 Å². The zero-order valence-electron chi connectivity index (χ0n) is 10.3. The van der Waals surface area contributed by atoms with E-state index in [0.717, 1.165) is 12.1 Å². The van der Waals surface area contributed by atoms with E-state index >= 15 is 0 Å². The third kappa shape index (κ3) is 3.98. The Hall–Kier alpha value is -0.310. The maximum Gasteiger partial charge on any atom is 0.0596 e. The van der Waals surface area contributed by atoms with E-state index in [4.69, 9.17) is 0 Å². The molecule has 0 bridgehead atoms. The van der Waals surface area contributed by atoms with Crippen LogP contribution in [0.15, 0.2) is 6.07 Å². The lowest BCUT2D eigenvalue weighted by Gasteiger charge is -2.25. The molecule has 0 radical (unpaired) electrons. The van der Waals surface area contributed by atoms with E-state index in [1.54, 1.807) is 0 Å². The number of hydrogen-bond acceptors (Lipinski definition) is 1. The average Bonchev–Trinajstić information content (AvgIpc) is 2.25. The highest BCUT2D eigenvalue weighted by Crippen LogP contribution is 2.29. The third-order valence-corrected chi connectivity index (χ3v) is 2.92. The molecule has 0 saturated heterocycles. The highest BCUT2D eigenvalue weighted by Gasteiger charge is 2.22. The molecule has 0 aliphatic rings. The highest BCUT2D eigenvalue weighted by molar-refractivity contribution is 9.09. The summed E-state index contributed by atoms with van der Waals surface area (Å²) in [5.41, 5.74) is 2.75. The van der Waals surface area contributed by atoms with Crippen LogP contribution >= 0.6 is 15.9 Å². The summed E-state index contributed by atoms with van der Waals surface area (Å²) in [5, 5.41) is 4.38. The van der Waals surface area contributed by atoms with E-state index in [1.807, 2.05) is 18.7 Å². The van der Waals surface area contributed by atoms with E-state index in [-0.39, 0.29) is 0 Å². The lowest BCUT2D eigenvalue weighted by molar-refractivity contribution is 0.326. The Bertz CT molecular complexity index is 326.